The molecule has 0 heterocycles. The van der Waals surface area contributed by atoms with Crippen molar-refractivity contribution < 1.29 is 0 Å². The summed E-state index contributed by atoms with van der Waals surface area (Å²) >= 11 is 1.58. The normalized spacial score (nSPS) is 10.3. The van der Waals surface area contributed by atoms with Crippen LogP contribution in [0, 0.1) is 11.3 Å². The predicted octanol–water partition coefficient (Wildman–Crippen LogP) is 2.21. The van der Waals surface area contributed by atoms with Crippen LogP contribution < -0.4 is 11.1 Å². The molecule has 0 aliphatic heterocycles. The molecule has 84 valence electrons. The number of hydrogen-bond donors (Lipinski definition) is 2. The average Bonchev–Trinajstić information content (AvgIpc) is 2.34. The second-order valence-electron chi connectivity index (χ2n) is 3.08. The number of nitrogens with two attached hydrogens (primary N) is 1. The molecule has 4 heteroatoms. The van der Waals surface area contributed by atoms with Crippen molar-refractivity contribution in [3.63, 3.8) is 0 Å². The first-order valence-electron chi connectivity index (χ1n) is 4.99. The van der Waals surface area contributed by atoms with Gasteiger partial charge in [0, 0.05) is 18.0 Å². The second-order valence-corrected chi connectivity index (χ2v) is 3.93. The first-order chi connectivity index (χ1) is 7.83. The zero-order valence-corrected chi connectivity index (χ0v) is 10.1. The molecule has 3 nitrogen and oxygen atoms in total. The summed E-state index contributed by atoms with van der Waals surface area (Å²) in [7, 11) is 0. The Morgan fingerprint density at radius 3 is 2.94 bits per heavy atom. The largest absolute Gasteiger partial charge is 0.380 e. The molecule has 1 aromatic carbocycles. The lowest BCUT2D eigenvalue weighted by atomic mass is 10.2. The zero-order valence-electron chi connectivity index (χ0n) is 9.23. The Bertz CT molecular complexity index is 407. The number of thioether (sulfide) groups is 1. The molecule has 0 aliphatic rings. The van der Waals surface area contributed by atoms with Gasteiger partial charge >= 0.3 is 0 Å². The quantitative estimate of drug-likeness (QED) is 0.604. The summed E-state index contributed by atoms with van der Waals surface area (Å²) in [5.41, 5.74) is 6.92. The third kappa shape index (κ3) is 3.30. The van der Waals surface area contributed by atoms with Gasteiger partial charge in [0.2, 0.25) is 0 Å². The molecule has 0 amide bonds. The molecule has 0 atom stereocenters. The van der Waals surface area contributed by atoms with Crippen molar-refractivity contribution in [1.82, 2.24) is 0 Å². The lowest BCUT2D eigenvalue weighted by Crippen LogP contribution is -2.02. The molecule has 16 heavy (non-hydrogen) atoms. The highest BCUT2D eigenvalue weighted by molar-refractivity contribution is 7.98. The van der Waals surface area contributed by atoms with E-state index in [0.29, 0.717) is 18.7 Å². The minimum Gasteiger partial charge on any atom is -0.380 e. The molecule has 0 saturated heterocycles. The summed E-state index contributed by atoms with van der Waals surface area (Å²) in [5, 5.41) is 12.3. The molecule has 0 radical (unpaired) electrons. The number of nitrogens with zero attached hydrogens (tertiary/aromatic N) is 1. The Labute approximate surface area is 100 Å². The van der Waals surface area contributed by atoms with E-state index in [0.717, 1.165) is 10.6 Å². The summed E-state index contributed by atoms with van der Waals surface area (Å²) in [4.78, 5) is 0.996. The maximum Gasteiger partial charge on any atom is 0.102 e. The van der Waals surface area contributed by atoms with Gasteiger partial charge in [-0.1, -0.05) is 18.2 Å². The van der Waals surface area contributed by atoms with Gasteiger partial charge in [0.15, 0.2) is 0 Å². The van der Waals surface area contributed by atoms with Crippen LogP contribution in [0.25, 0.3) is 0 Å². The van der Waals surface area contributed by atoms with E-state index in [9.17, 15) is 0 Å². The lowest BCUT2D eigenvalue weighted by molar-refractivity contribution is 1.22. The third-order valence-electron chi connectivity index (χ3n) is 2.07. The standard InChI is InChI=1S/C12H15N3S/c1-16-12-6-4-5-11(10(12)9-14)15-8-3-2-7-13/h2-6,15H,7-8,13H2,1H3/b3-2+. The first-order valence-corrected chi connectivity index (χ1v) is 6.22. The van der Waals surface area contributed by atoms with Crippen molar-refractivity contribution in [2.75, 3.05) is 24.7 Å². The molecule has 0 saturated carbocycles. The summed E-state index contributed by atoms with van der Waals surface area (Å²) in [6, 6.07) is 8.03. The SMILES string of the molecule is CSc1cccc(NC/C=C/CN)c1C#N. The lowest BCUT2D eigenvalue weighted by Gasteiger charge is -2.08. The molecule has 0 bridgehead atoms. The van der Waals surface area contributed by atoms with E-state index < -0.39 is 0 Å². The number of hydrogen-bond acceptors (Lipinski definition) is 4. The van der Waals surface area contributed by atoms with Gasteiger partial charge in [-0.05, 0) is 18.4 Å². The summed E-state index contributed by atoms with van der Waals surface area (Å²) in [6.45, 7) is 1.22. The summed E-state index contributed by atoms with van der Waals surface area (Å²) < 4.78 is 0. The van der Waals surface area contributed by atoms with E-state index in [-0.39, 0.29) is 0 Å². The molecule has 0 aromatic heterocycles. The van der Waals surface area contributed by atoms with Crippen LogP contribution in [0.15, 0.2) is 35.2 Å². The van der Waals surface area contributed by atoms with E-state index in [2.05, 4.69) is 11.4 Å². The fourth-order valence-electron chi connectivity index (χ4n) is 1.31. The molecule has 1 aromatic rings. The Balaban J connectivity index is 2.80. The van der Waals surface area contributed by atoms with Crippen molar-refractivity contribution in [2.24, 2.45) is 5.73 Å². The van der Waals surface area contributed by atoms with Crippen molar-refractivity contribution >= 4 is 17.4 Å². The average molecular weight is 233 g/mol. The van der Waals surface area contributed by atoms with Gasteiger partial charge in [0.25, 0.3) is 0 Å². The minimum atomic E-state index is 0.539. The maximum atomic E-state index is 9.09. The monoisotopic (exact) mass is 233 g/mol. The van der Waals surface area contributed by atoms with Crippen LogP contribution >= 0.6 is 11.8 Å². The Kier molecular flexibility index (Phi) is 5.48. The third-order valence-corrected chi connectivity index (χ3v) is 2.85. The molecule has 1 rings (SSSR count). The Morgan fingerprint density at radius 2 is 2.31 bits per heavy atom. The van der Waals surface area contributed by atoms with Crippen molar-refractivity contribution in [3.05, 3.63) is 35.9 Å². The number of nitriles is 1. The fraction of sp³-hybridized carbons (Fsp3) is 0.250. The smallest absolute Gasteiger partial charge is 0.102 e. The molecular weight excluding hydrogens is 218 g/mol. The van der Waals surface area contributed by atoms with E-state index in [1.165, 1.54) is 0 Å². The molecule has 0 aliphatic carbocycles. The second kappa shape index (κ2) is 6.94. The van der Waals surface area contributed by atoms with Crippen LogP contribution in [0.1, 0.15) is 5.56 Å². The molecule has 0 spiro atoms. The van der Waals surface area contributed by atoms with Crippen LogP contribution in [0.5, 0.6) is 0 Å². The van der Waals surface area contributed by atoms with E-state index in [1.54, 1.807) is 11.8 Å². The number of benzene rings is 1. The first kappa shape index (κ1) is 12.6. The van der Waals surface area contributed by atoms with Gasteiger partial charge in [-0.2, -0.15) is 5.26 Å². The molecule has 3 N–H and O–H groups in total. The number of nitrogens with one attached hydrogen (secondary N) is 1. The van der Waals surface area contributed by atoms with Crippen molar-refractivity contribution in [1.29, 1.82) is 5.26 Å². The van der Waals surface area contributed by atoms with Crippen LogP contribution in [-0.2, 0) is 0 Å². The van der Waals surface area contributed by atoms with Crippen LogP contribution in [0.3, 0.4) is 0 Å². The molecular formula is C12H15N3S. The highest BCUT2D eigenvalue weighted by Crippen LogP contribution is 2.25. The highest BCUT2D eigenvalue weighted by Gasteiger charge is 2.05. The Morgan fingerprint density at radius 1 is 1.50 bits per heavy atom. The number of rotatable bonds is 5. The summed E-state index contributed by atoms with van der Waals surface area (Å²) in [5.74, 6) is 0. The van der Waals surface area contributed by atoms with Crippen LogP contribution in [0.4, 0.5) is 5.69 Å². The molecule has 0 fully saturated rings. The zero-order chi connectivity index (χ0) is 11.8. The van der Waals surface area contributed by atoms with Gasteiger partial charge < -0.3 is 11.1 Å². The number of anilines is 1. The topological polar surface area (TPSA) is 61.8 Å². The minimum absolute atomic E-state index is 0.539. The Hall–Kier alpha value is -1.44. The van der Waals surface area contributed by atoms with Crippen molar-refractivity contribution in [2.45, 2.75) is 4.90 Å². The van der Waals surface area contributed by atoms with Crippen LogP contribution in [-0.4, -0.2) is 19.3 Å². The summed E-state index contributed by atoms with van der Waals surface area (Å²) in [6.07, 6.45) is 5.80. The molecule has 0 unspecified atom stereocenters. The van der Waals surface area contributed by atoms with Gasteiger partial charge in [0.05, 0.1) is 11.3 Å². The van der Waals surface area contributed by atoms with E-state index in [1.807, 2.05) is 36.6 Å². The maximum absolute atomic E-state index is 9.09. The van der Waals surface area contributed by atoms with E-state index in [4.69, 9.17) is 11.0 Å². The van der Waals surface area contributed by atoms with Gasteiger partial charge in [-0.25, -0.2) is 0 Å². The van der Waals surface area contributed by atoms with Gasteiger partial charge in [0.1, 0.15) is 6.07 Å². The fourth-order valence-corrected chi connectivity index (χ4v) is 1.89. The van der Waals surface area contributed by atoms with Crippen molar-refractivity contribution in [3.8, 4) is 6.07 Å². The highest BCUT2D eigenvalue weighted by atomic mass is 32.2. The van der Waals surface area contributed by atoms with Gasteiger partial charge in [-0.3, -0.25) is 0 Å². The van der Waals surface area contributed by atoms with Crippen LogP contribution in [0.2, 0.25) is 0 Å². The predicted molar refractivity (Wildman–Crippen MR) is 69.6 cm³/mol. The van der Waals surface area contributed by atoms with Gasteiger partial charge in [-0.15, -0.1) is 11.8 Å². The van der Waals surface area contributed by atoms with E-state index >= 15 is 0 Å².